The summed E-state index contributed by atoms with van der Waals surface area (Å²) >= 11 is 3.11. The van der Waals surface area contributed by atoms with E-state index in [1.54, 1.807) is 0 Å². The van der Waals surface area contributed by atoms with Crippen LogP contribution in [0.3, 0.4) is 0 Å². The van der Waals surface area contributed by atoms with Gasteiger partial charge in [0.05, 0.1) is 0 Å². The Bertz CT molecular complexity index is 66.1. The highest BCUT2D eigenvalue weighted by atomic mass is 79.9. The van der Waals surface area contributed by atoms with Gasteiger partial charge in [0.15, 0.2) is 0 Å². The predicted octanol–water partition coefficient (Wildman–Crippen LogP) is 1.73. The van der Waals surface area contributed by atoms with Crippen LogP contribution in [0.25, 0.3) is 0 Å². The number of alkyl halides is 1. The fourth-order valence-corrected chi connectivity index (χ4v) is 0.413. The fourth-order valence-electron chi connectivity index (χ4n) is 0.184. The van der Waals surface area contributed by atoms with E-state index in [1.165, 1.54) is 6.08 Å². The summed E-state index contributed by atoms with van der Waals surface area (Å²) < 4.78 is 0. The first-order valence-corrected chi connectivity index (χ1v) is 3.03. The van der Waals surface area contributed by atoms with Crippen LogP contribution in [0, 0.1) is 0 Å². The molecule has 0 fully saturated rings. The van der Waals surface area contributed by atoms with Gasteiger partial charge in [0.25, 0.3) is 5.95 Å². The normalized spacial score (nSPS) is 8.14. The van der Waals surface area contributed by atoms with Gasteiger partial charge in [0, 0.05) is 5.33 Å². The van der Waals surface area contributed by atoms with Crippen molar-refractivity contribution in [1.82, 2.24) is 0 Å². The van der Waals surface area contributed by atoms with Crippen LogP contribution < -0.4 is 0 Å². The highest BCUT2D eigenvalue weighted by Gasteiger charge is 1.79. The molecule has 0 aromatic rings. The molecule has 0 aliphatic heterocycles. The third kappa shape index (κ3) is 5.82. The van der Waals surface area contributed by atoms with Crippen LogP contribution in [0.1, 0.15) is 6.42 Å². The number of hydrogen-bond acceptors (Lipinski definition) is 2. The summed E-state index contributed by atoms with van der Waals surface area (Å²) in [5.41, 5.74) is 0. The Balaban J connectivity index is 3.08. The summed E-state index contributed by atoms with van der Waals surface area (Å²) in [5.74, 6) is -0.598. The van der Waals surface area contributed by atoms with Crippen molar-refractivity contribution in [2.45, 2.75) is 6.42 Å². The Kier molecular flexibility index (Phi) is 3.89. The zero-order chi connectivity index (χ0) is 5.70. The number of allylic oxidation sites excluding steroid dienone is 1. The Morgan fingerprint density at radius 3 is 2.29 bits per heavy atom. The molecule has 0 unspecified atom stereocenters. The molecule has 0 saturated heterocycles. The Hall–Kier alpha value is -0.180. The standard InChI is InChI=1S/C4H7BrO2/c5-3-1-2-4(6)7/h2,6-7H,1,3H2. The second-order valence-corrected chi connectivity index (χ2v) is 1.83. The Morgan fingerprint density at radius 1 is 1.57 bits per heavy atom. The van der Waals surface area contributed by atoms with Gasteiger partial charge in [-0.05, 0) is 12.5 Å². The lowest BCUT2D eigenvalue weighted by Crippen LogP contribution is -1.75. The van der Waals surface area contributed by atoms with Crippen LogP contribution in [0.15, 0.2) is 12.0 Å². The fraction of sp³-hybridized carbons (Fsp3) is 0.500. The number of rotatable bonds is 2. The molecular formula is C4H7BrO2. The maximum atomic E-state index is 8.08. The molecule has 0 radical (unpaired) electrons. The number of aliphatic hydroxyl groups excluding tert-OH is 1. The summed E-state index contributed by atoms with van der Waals surface area (Å²) in [4.78, 5) is 0. The molecule has 0 aliphatic carbocycles. The molecule has 0 saturated carbocycles. The highest BCUT2D eigenvalue weighted by molar-refractivity contribution is 9.09. The molecule has 0 aromatic heterocycles. The lowest BCUT2D eigenvalue weighted by atomic mass is 10.5. The quantitative estimate of drug-likeness (QED) is 0.485. The van der Waals surface area contributed by atoms with Gasteiger partial charge in [0.2, 0.25) is 0 Å². The van der Waals surface area contributed by atoms with Crippen molar-refractivity contribution in [2.75, 3.05) is 5.33 Å². The molecule has 0 spiro atoms. The summed E-state index contributed by atoms with van der Waals surface area (Å²) in [6.45, 7) is 0. The molecule has 0 amide bonds. The van der Waals surface area contributed by atoms with E-state index >= 15 is 0 Å². The zero-order valence-electron chi connectivity index (χ0n) is 3.76. The summed E-state index contributed by atoms with van der Waals surface area (Å²) in [5, 5.41) is 16.9. The molecule has 0 atom stereocenters. The minimum Gasteiger partial charge on any atom is -0.481 e. The van der Waals surface area contributed by atoms with Crippen LogP contribution in [-0.2, 0) is 0 Å². The zero-order valence-corrected chi connectivity index (χ0v) is 5.35. The van der Waals surface area contributed by atoms with Crippen LogP contribution in [0.4, 0.5) is 0 Å². The lowest BCUT2D eigenvalue weighted by molar-refractivity contribution is 0.189. The average molecular weight is 167 g/mol. The molecule has 0 aliphatic rings. The van der Waals surface area contributed by atoms with E-state index in [4.69, 9.17) is 10.2 Å². The van der Waals surface area contributed by atoms with Crippen molar-refractivity contribution < 1.29 is 10.2 Å². The molecule has 0 heterocycles. The third-order valence-electron chi connectivity index (χ3n) is 0.436. The molecule has 2 N–H and O–H groups in total. The van der Waals surface area contributed by atoms with E-state index in [0.29, 0.717) is 6.42 Å². The summed E-state index contributed by atoms with van der Waals surface area (Å²) in [6.07, 6.45) is 1.98. The number of halogens is 1. The van der Waals surface area contributed by atoms with E-state index in [2.05, 4.69) is 15.9 Å². The third-order valence-corrected chi connectivity index (χ3v) is 0.894. The molecule has 0 bridgehead atoms. The summed E-state index contributed by atoms with van der Waals surface area (Å²) in [6, 6.07) is 0. The molecule has 7 heavy (non-hydrogen) atoms. The van der Waals surface area contributed by atoms with Crippen molar-refractivity contribution in [1.29, 1.82) is 0 Å². The number of aliphatic hydroxyl groups is 2. The van der Waals surface area contributed by atoms with Crippen LogP contribution in [0.5, 0.6) is 0 Å². The molecule has 2 nitrogen and oxygen atoms in total. The average Bonchev–Trinajstić information content (AvgIpc) is 1.61. The van der Waals surface area contributed by atoms with Crippen molar-refractivity contribution in [2.24, 2.45) is 0 Å². The smallest absolute Gasteiger partial charge is 0.269 e. The molecule has 3 heteroatoms. The second kappa shape index (κ2) is 3.99. The lowest BCUT2D eigenvalue weighted by Gasteiger charge is -1.82. The van der Waals surface area contributed by atoms with E-state index in [-0.39, 0.29) is 0 Å². The highest BCUT2D eigenvalue weighted by Crippen LogP contribution is 1.90. The van der Waals surface area contributed by atoms with E-state index in [9.17, 15) is 0 Å². The first-order chi connectivity index (χ1) is 3.27. The minimum absolute atomic E-state index is 0.598. The number of hydrogen-bond donors (Lipinski definition) is 2. The van der Waals surface area contributed by atoms with Gasteiger partial charge < -0.3 is 10.2 Å². The first-order valence-electron chi connectivity index (χ1n) is 1.91. The van der Waals surface area contributed by atoms with Crippen molar-refractivity contribution >= 4 is 15.9 Å². The van der Waals surface area contributed by atoms with Crippen molar-refractivity contribution in [3.05, 3.63) is 12.0 Å². The topological polar surface area (TPSA) is 40.5 Å². The molecule has 0 aromatic carbocycles. The second-order valence-electron chi connectivity index (χ2n) is 1.04. The van der Waals surface area contributed by atoms with Crippen molar-refractivity contribution in [3.63, 3.8) is 0 Å². The largest absolute Gasteiger partial charge is 0.481 e. The first kappa shape index (κ1) is 6.82. The minimum atomic E-state index is -0.598. The van der Waals surface area contributed by atoms with Gasteiger partial charge >= 0.3 is 0 Å². The Morgan fingerprint density at radius 2 is 2.14 bits per heavy atom. The van der Waals surface area contributed by atoms with Gasteiger partial charge in [-0.2, -0.15) is 0 Å². The van der Waals surface area contributed by atoms with Gasteiger partial charge in [-0.1, -0.05) is 15.9 Å². The van der Waals surface area contributed by atoms with E-state index in [1.807, 2.05) is 0 Å². The van der Waals surface area contributed by atoms with Crippen LogP contribution >= 0.6 is 15.9 Å². The SMILES string of the molecule is OC(O)=CCCBr. The maximum Gasteiger partial charge on any atom is 0.269 e. The Labute approximate surface area is 50.6 Å². The van der Waals surface area contributed by atoms with E-state index in [0.717, 1.165) is 5.33 Å². The predicted molar refractivity (Wildman–Crippen MR) is 31.8 cm³/mol. The molecule has 42 valence electrons. The maximum absolute atomic E-state index is 8.08. The van der Waals surface area contributed by atoms with Gasteiger partial charge in [-0.25, -0.2) is 0 Å². The molecule has 0 rings (SSSR count). The summed E-state index contributed by atoms with van der Waals surface area (Å²) in [7, 11) is 0. The van der Waals surface area contributed by atoms with Crippen LogP contribution in [0.2, 0.25) is 0 Å². The van der Waals surface area contributed by atoms with Gasteiger partial charge in [-0.3, -0.25) is 0 Å². The van der Waals surface area contributed by atoms with E-state index < -0.39 is 5.95 Å². The van der Waals surface area contributed by atoms with Crippen LogP contribution in [-0.4, -0.2) is 15.5 Å². The monoisotopic (exact) mass is 166 g/mol. The van der Waals surface area contributed by atoms with Gasteiger partial charge in [-0.15, -0.1) is 0 Å². The molecular weight excluding hydrogens is 160 g/mol. The van der Waals surface area contributed by atoms with Crippen molar-refractivity contribution in [3.8, 4) is 0 Å². The van der Waals surface area contributed by atoms with Gasteiger partial charge in [0.1, 0.15) is 0 Å².